The van der Waals surface area contributed by atoms with Gasteiger partial charge >= 0.3 is 0 Å². The maximum absolute atomic E-state index is 5.21. The van der Waals surface area contributed by atoms with E-state index in [-0.39, 0.29) is 5.41 Å². The number of rotatable bonds is 5. The Morgan fingerprint density at radius 1 is 0.750 bits per heavy atom. The normalized spacial score (nSPS) is 11.2. The zero-order valence-electron chi connectivity index (χ0n) is 12.6. The van der Waals surface area contributed by atoms with Crippen LogP contribution >= 0.6 is 0 Å². The van der Waals surface area contributed by atoms with Gasteiger partial charge in [0.05, 0.1) is 14.2 Å². The first-order valence-electron chi connectivity index (χ1n) is 6.82. The predicted molar refractivity (Wildman–Crippen MR) is 82.7 cm³/mol. The van der Waals surface area contributed by atoms with Crippen LogP contribution in [0.15, 0.2) is 48.5 Å². The third kappa shape index (κ3) is 3.32. The largest absolute Gasteiger partial charge is 0.497 e. The summed E-state index contributed by atoms with van der Waals surface area (Å²) < 4.78 is 10.4. The first-order chi connectivity index (χ1) is 9.55. The molecule has 0 unspecified atom stereocenters. The van der Waals surface area contributed by atoms with Crippen molar-refractivity contribution in [3.63, 3.8) is 0 Å². The Kier molecular flexibility index (Phi) is 4.33. The van der Waals surface area contributed by atoms with Crippen molar-refractivity contribution in [1.29, 1.82) is 0 Å². The van der Waals surface area contributed by atoms with E-state index >= 15 is 0 Å². The van der Waals surface area contributed by atoms with Crippen molar-refractivity contribution < 1.29 is 9.47 Å². The lowest BCUT2D eigenvalue weighted by molar-refractivity contribution is 0.413. The van der Waals surface area contributed by atoms with E-state index in [1.165, 1.54) is 11.1 Å². The van der Waals surface area contributed by atoms with Gasteiger partial charge in [0.1, 0.15) is 11.5 Å². The minimum absolute atomic E-state index is 0.0842. The molecule has 0 saturated carbocycles. The second-order valence-electron chi connectivity index (χ2n) is 5.64. The minimum atomic E-state index is 0.0842. The Morgan fingerprint density at radius 3 is 1.65 bits per heavy atom. The molecule has 0 spiro atoms. The summed E-state index contributed by atoms with van der Waals surface area (Å²) in [4.78, 5) is 0. The fourth-order valence-electron chi connectivity index (χ4n) is 2.40. The molecule has 0 bridgehead atoms. The van der Waals surface area contributed by atoms with E-state index < -0.39 is 0 Å². The Bertz CT molecular complexity index is 539. The van der Waals surface area contributed by atoms with Gasteiger partial charge in [-0.25, -0.2) is 0 Å². The Hall–Kier alpha value is -1.96. The van der Waals surface area contributed by atoms with Gasteiger partial charge in [0, 0.05) is 0 Å². The smallest absolute Gasteiger partial charge is 0.118 e. The predicted octanol–water partition coefficient (Wildman–Crippen LogP) is 4.22. The molecule has 0 fully saturated rings. The molecular formula is C18H22O2. The zero-order valence-corrected chi connectivity index (χ0v) is 12.6. The summed E-state index contributed by atoms with van der Waals surface area (Å²) in [7, 11) is 3.38. The van der Waals surface area contributed by atoms with E-state index in [2.05, 4.69) is 38.1 Å². The topological polar surface area (TPSA) is 18.5 Å². The maximum atomic E-state index is 5.21. The molecule has 0 radical (unpaired) electrons. The second-order valence-corrected chi connectivity index (χ2v) is 5.64. The van der Waals surface area contributed by atoms with Gasteiger partial charge in [0.15, 0.2) is 0 Å². The van der Waals surface area contributed by atoms with Crippen molar-refractivity contribution >= 4 is 0 Å². The number of hydrogen-bond acceptors (Lipinski definition) is 2. The summed E-state index contributed by atoms with van der Waals surface area (Å²) in [5.41, 5.74) is 2.71. The molecule has 0 heterocycles. The van der Waals surface area contributed by atoms with Gasteiger partial charge in [-0.3, -0.25) is 0 Å². The highest BCUT2D eigenvalue weighted by atomic mass is 16.5. The molecule has 0 aliphatic rings. The van der Waals surface area contributed by atoms with Crippen LogP contribution in [0.4, 0.5) is 0 Å². The third-order valence-corrected chi connectivity index (χ3v) is 3.68. The van der Waals surface area contributed by atoms with Crippen LogP contribution in [0.1, 0.15) is 25.0 Å². The molecule has 0 aliphatic carbocycles. The molecule has 2 aromatic carbocycles. The van der Waals surface area contributed by atoms with Gasteiger partial charge in [-0.15, -0.1) is 0 Å². The molecule has 0 N–H and O–H groups in total. The maximum Gasteiger partial charge on any atom is 0.118 e. The molecule has 2 aromatic rings. The highest BCUT2D eigenvalue weighted by molar-refractivity contribution is 5.34. The van der Waals surface area contributed by atoms with Crippen molar-refractivity contribution in [2.24, 2.45) is 0 Å². The van der Waals surface area contributed by atoms with Gasteiger partial charge in [-0.1, -0.05) is 38.1 Å². The van der Waals surface area contributed by atoms with Gasteiger partial charge < -0.3 is 9.47 Å². The average Bonchev–Trinajstić information content (AvgIpc) is 2.48. The minimum Gasteiger partial charge on any atom is -0.497 e. The van der Waals surface area contributed by atoms with E-state index in [9.17, 15) is 0 Å². The molecule has 106 valence electrons. The Balaban J connectivity index is 2.15. The Labute approximate surface area is 121 Å². The summed E-state index contributed by atoms with van der Waals surface area (Å²) >= 11 is 0. The van der Waals surface area contributed by atoms with Crippen molar-refractivity contribution in [1.82, 2.24) is 0 Å². The van der Waals surface area contributed by atoms with Crippen LogP contribution in [0.3, 0.4) is 0 Å². The standard InChI is InChI=1S/C18H22O2/c1-18(2,15-7-11-17(20-4)12-8-15)13-14-5-9-16(19-3)10-6-14/h5-12H,13H2,1-4H3. The van der Waals surface area contributed by atoms with Crippen LogP contribution in [0, 0.1) is 0 Å². The van der Waals surface area contributed by atoms with Crippen LogP contribution < -0.4 is 9.47 Å². The molecule has 20 heavy (non-hydrogen) atoms. The van der Waals surface area contributed by atoms with E-state index in [1.54, 1.807) is 14.2 Å². The molecule has 2 rings (SSSR count). The molecule has 0 atom stereocenters. The Morgan fingerprint density at radius 2 is 1.20 bits per heavy atom. The fraction of sp³-hybridized carbons (Fsp3) is 0.333. The number of benzene rings is 2. The lowest BCUT2D eigenvalue weighted by Gasteiger charge is -2.25. The van der Waals surface area contributed by atoms with Crippen molar-refractivity contribution in [3.8, 4) is 11.5 Å². The van der Waals surface area contributed by atoms with Gasteiger partial charge in [-0.2, -0.15) is 0 Å². The van der Waals surface area contributed by atoms with Gasteiger partial charge in [0.25, 0.3) is 0 Å². The van der Waals surface area contributed by atoms with E-state index in [1.807, 2.05) is 24.3 Å². The SMILES string of the molecule is COc1ccc(CC(C)(C)c2ccc(OC)cc2)cc1. The number of ether oxygens (including phenoxy) is 2. The molecule has 2 heteroatoms. The van der Waals surface area contributed by atoms with Crippen LogP contribution in [0.5, 0.6) is 11.5 Å². The highest BCUT2D eigenvalue weighted by Gasteiger charge is 2.21. The summed E-state index contributed by atoms with van der Waals surface area (Å²) in [6.07, 6.45) is 0.989. The summed E-state index contributed by atoms with van der Waals surface area (Å²) in [5.74, 6) is 1.80. The molecular weight excluding hydrogens is 248 g/mol. The summed E-state index contributed by atoms with van der Waals surface area (Å²) in [6, 6.07) is 16.6. The third-order valence-electron chi connectivity index (χ3n) is 3.68. The molecule has 0 amide bonds. The van der Waals surface area contributed by atoms with Crippen LogP contribution in [0.2, 0.25) is 0 Å². The summed E-state index contributed by atoms with van der Waals surface area (Å²) in [6.45, 7) is 4.53. The molecule has 0 saturated heterocycles. The average molecular weight is 270 g/mol. The molecule has 2 nitrogen and oxygen atoms in total. The van der Waals surface area contributed by atoms with Crippen LogP contribution in [-0.4, -0.2) is 14.2 Å². The first-order valence-corrected chi connectivity index (χ1v) is 6.82. The van der Waals surface area contributed by atoms with Crippen molar-refractivity contribution in [2.45, 2.75) is 25.7 Å². The first kappa shape index (κ1) is 14.4. The fourth-order valence-corrected chi connectivity index (χ4v) is 2.40. The van der Waals surface area contributed by atoms with Crippen LogP contribution in [-0.2, 0) is 11.8 Å². The molecule has 0 aliphatic heterocycles. The van der Waals surface area contributed by atoms with E-state index in [0.717, 1.165) is 17.9 Å². The highest BCUT2D eigenvalue weighted by Crippen LogP contribution is 2.29. The zero-order chi connectivity index (χ0) is 14.6. The number of hydrogen-bond donors (Lipinski definition) is 0. The molecule has 0 aromatic heterocycles. The lowest BCUT2D eigenvalue weighted by Crippen LogP contribution is -2.20. The van der Waals surface area contributed by atoms with Crippen LogP contribution in [0.25, 0.3) is 0 Å². The quantitative estimate of drug-likeness (QED) is 0.809. The van der Waals surface area contributed by atoms with E-state index in [0.29, 0.717) is 0 Å². The van der Waals surface area contributed by atoms with E-state index in [4.69, 9.17) is 9.47 Å². The van der Waals surface area contributed by atoms with Gasteiger partial charge in [0.2, 0.25) is 0 Å². The lowest BCUT2D eigenvalue weighted by atomic mass is 9.79. The second kappa shape index (κ2) is 6.00. The summed E-state index contributed by atoms with van der Waals surface area (Å²) in [5, 5.41) is 0. The van der Waals surface area contributed by atoms with Crippen molar-refractivity contribution in [3.05, 3.63) is 59.7 Å². The van der Waals surface area contributed by atoms with Gasteiger partial charge in [-0.05, 0) is 47.2 Å². The number of methoxy groups -OCH3 is 2. The van der Waals surface area contributed by atoms with Crippen molar-refractivity contribution in [2.75, 3.05) is 14.2 Å². The monoisotopic (exact) mass is 270 g/mol.